The van der Waals surface area contributed by atoms with Crippen molar-refractivity contribution in [3.8, 4) is 0 Å². The number of hydrogen-bond acceptors (Lipinski definition) is 2. The summed E-state index contributed by atoms with van der Waals surface area (Å²) in [5.74, 6) is 0.109. The van der Waals surface area contributed by atoms with Gasteiger partial charge in [-0.05, 0) is 24.6 Å². The average molecular weight is 333 g/mol. The second-order valence-corrected chi connectivity index (χ2v) is 6.12. The molecule has 0 saturated carbocycles. The molecule has 5 heteroatoms. The van der Waals surface area contributed by atoms with E-state index in [-0.39, 0.29) is 16.8 Å². The Balaban J connectivity index is 2.07. The van der Waals surface area contributed by atoms with Crippen LogP contribution in [-0.2, 0) is 9.53 Å². The maximum atomic E-state index is 11.9. The van der Waals surface area contributed by atoms with Gasteiger partial charge in [0.1, 0.15) is 6.10 Å². The predicted octanol–water partition coefficient (Wildman–Crippen LogP) is 3.02. The molecule has 2 unspecified atom stereocenters. The molecule has 0 spiro atoms. The third-order valence-corrected chi connectivity index (χ3v) is 3.60. The van der Waals surface area contributed by atoms with Crippen molar-refractivity contribution in [3.05, 3.63) is 34.9 Å². The first kappa shape index (κ1) is 13.8. The quantitative estimate of drug-likeness (QED) is 0.779. The Hall–Kier alpha value is -0.580. The van der Waals surface area contributed by atoms with Crippen LogP contribution in [0.25, 0.3) is 0 Å². The zero-order chi connectivity index (χ0) is 13.1. The van der Waals surface area contributed by atoms with Crippen LogP contribution >= 0.6 is 27.5 Å². The Labute approximate surface area is 120 Å². The highest BCUT2D eigenvalue weighted by atomic mass is 79.9. The molecule has 1 aliphatic rings. The number of benzene rings is 1. The molecule has 1 aromatic carbocycles. The van der Waals surface area contributed by atoms with Crippen LogP contribution < -0.4 is 0 Å². The normalized spacial score (nSPS) is 21.7. The number of amides is 1. The van der Waals surface area contributed by atoms with Crippen LogP contribution in [0.5, 0.6) is 0 Å². The van der Waals surface area contributed by atoms with E-state index in [1.807, 2.05) is 36.1 Å². The number of carbonyl (C=O) groups excluding carboxylic acids is 1. The Kier molecular flexibility index (Phi) is 4.65. The molecule has 1 fully saturated rings. The average Bonchev–Trinajstić information content (AvgIpc) is 2.38. The first-order valence-corrected chi connectivity index (χ1v) is 7.17. The van der Waals surface area contributed by atoms with Crippen molar-refractivity contribution in [1.29, 1.82) is 0 Å². The van der Waals surface area contributed by atoms with Gasteiger partial charge in [0.05, 0.1) is 18.0 Å². The highest BCUT2D eigenvalue weighted by molar-refractivity contribution is 9.10. The van der Waals surface area contributed by atoms with E-state index in [4.69, 9.17) is 16.3 Å². The summed E-state index contributed by atoms with van der Waals surface area (Å²) in [6, 6.07) is 7.57. The van der Waals surface area contributed by atoms with Gasteiger partial charge >= 0.3 is 0 Å². The first-order valence-electron chi connectivity index (χ1n) is 5.88. The topological polar surface area (TPSA) is 29.5 Å². The molecule has 0 aliphatic carbocycles. The summed E-state index contributed by atoms with van der Waals surface area (Å²) in [7, 11) is 0. The Morgan fingerprint density at radius 3 is 2.78 bits per heavy atom. The number of nitrogens with zero attached hydrogens (tertiary/aromatic N) is 1. The second kappa shape index (κ2) is 6.04. The minimum absolute atomic E-state index is 0.0637. The zero-order valence-corrected chi connectivity index (χ0v) is 12.4. The molecule has 0 aromatic heterocycles. The monoisotopic (exact) mass is 331 g/mol. The third-order valence-electron chi connectivity index (χ3n) is 2.96. The van der Waals surface area contributed by atoms with E-state index in [9.17, 15) is 4.79 Å². The molecule has 1 heterocycles. The molecule has 2 rings (SSSR count). The summed E-state index contributed by atoms with van der Waals surface area (Å²) < 4.78 is 5.71. The lowest BCUT2D eigenvalue weighted by molar-refractivity contribution is -0.137. The van der Waals surface area contributed by atoms with E-state index in [2.05, 4.69) is 15.9 Å². The molecule has 2 atom stereocenters. The van der Waals surface area contributed by atoms with Crippen LogP contribution in [-0.4, -0.2) is 35.3 Å². The highest BCUT2D eigenvalue weighted by Gasteiger charge is 2.27. The Morgan fingerprint density at radius 2 is 2.17 bits per heavy atom. The maximum absolute atomic E-state index is 11.9. The first-order chi connectivity index (χ1) is 8.58. The van der Waals surface area contributed by atoms with Gasteiger partial charge in [-0.15, -0.1) is 0 Å². The van der Waals surface area contributed by atoms with Crippen molar-refractivity contribution in [3.63, 3.8) is 0 Å². The van der Waals surface area contributed by atoms with Crippen LogP contribution in [0.4, 0.5) is 0 Å². The zero-order valence-electron chi connectivity index (χ0n) is 10.1. The fourth-order valence-electron chi connectivity index (χ4n) is 1.98. The van der Waals surface area contributed by atoms with Gasteiger partial charge in [0.2, 0.25) is 5.91 Å². The molecule has 1 saturated heterocycles. The lowest BCUT2D eigenvalue weighted by atomic mass is 10.1. The molecule has 0 radical (unpaired) electrons. The van der Waals surface area contributed by atoms with Crippen LogP contribution in [0.1, 0.15) is 18.6 Å². The van der Waals surface area contributed by atoms with E-state index in [0.717, 1.165) is 5.56 Å². The maximum Gasteiger partial charge on any atom is 0.236 e. The number of ether oxygens (including phenoxy) is 1. The minimum Gasteiger partial charge on any atom is -0.370 e. The molecular formula is C13H15BrClNO2. The molecule has 1 aliphatic heterocycles. The van der Waals surface area contributed by atoms with Crippen molar-refractivity contribution in [2.45, 2.75) is 17.9 Å². The Bertz CT molecular complexity index is 422. The van der Waals surface area contributed by atoms with Gasteiger partial charge in [-0.25, -0.2) is 0 Å². The van der Waals surface area contributed by atoms with E-state index < -0.39 is 0 Å². The molecule has 0 N–H and O–H groups in total. The molecule has 0 bridgehead atoms. The van der Waals surface area contributed by atoms with Gasteiger partial charge in [0.15, 0.2) is 0 Å². The molecule has 3 nitrogen and oxygen atoms in total. The van der Waals surface area contributed by atoms with Gasteiger partial charge in [-0.2, -0.15) is 0 Å². The summed E-state index contributed by atoms with van der Waals surface area (Å²) in [5, 5.41) is 0.705. The predicted molar refractivity (Wildman–Crippen MR) is 75.1 cm³/mol. The molecule has 1 aromatic rings. The van der Waals surface area contributed by atoms with Gasteiger partial charge in [-0.1, -0.05) is 39.7 Å². The van der Waals surface area contributed by atoms with Gasteiger partial charge in [-0.3, -0.25) is 4.79 Å². The lowest BCUT2D eigenvalue weighted by Crippen LogP contribution is -2.44. The molecular weight excluding hydrogens is 318 g/mol. The van der Waals surface area contributed by atoms with Crippen LogP contribution in [0, 0.1) is 0 Å². The van der Waals surface area contributed by atoms with Crippen LogP contribution in [0.2, 0.25) is 5.02 Å². The standard InChI is InChI=1S/C13H15BrClNO2/c1-9(14)13(17)16-6-7-18-12(8-16)10-2-4-11(15)5-3-10/h2-5,9,12H,6-8H2,1H3. The van der Waals surface area contributed by atoms with E-state index >= 15 is 0 Å². The lowest BCUT2D eigenvalue weighted by Gasteiger charge is -2.34. The van der Waals surface area contributed by atoms with Gasteiger partial charge in [0, 0.05) is 11.6 Å². The summed E-state index contributed by atoms with van der Waals surface area (Å²) in [4.78, 5) is 13.6. The van der Waals surface area contributed by atoms with E-state index in [0.29, 0.717) is 24.7 Å². The third kappa shape index (κ3) is 3.25. The van der Waals surface area contributed by atoms with E-state index in [1.54, 1.807) is 0 Å². The van der Waals surface area contributed by atoms with Crippen molar-refractivity contribution < 1.29 is 9.53 Å². The number of halogens is 2. The summed E-state index contributed by atoms with van der Waals surface area (Å²) in [6.07, 6.45) is -0.0637. The number of carbonyl (C=O) groups is 1. The van der Waals surface area contributed by atoms with Crippen molar-refractivity contribution in [2.75, 3.05) is 19.7 Å². The van der Waals surface area contributed by atoms with Crippen molar-refractivity contribution in [1.82, 2.24) is 4.90 Å². The summed E-state index contributed by atoms with van der Waals surface area (Å²) in [5.41, 5.74) is 1.05. The number of rotatable bonds is 2. The molecule has 98 valence electrons. The van der Waals surface area contributed by atoms with Crippen LogP contribution in [0.15, 0.2) is 24.3 Å². The molecule has 18 heavy (non-hydrogen) atoms. The summed E-state index contributed by atoms with van der Waals surface area (Å²) >= 11 is 9.17. The Morgan fingerprint density at radius 1 is 1.50 bits per heavy atom. The van der Waals surface area contributed by atoms with Gasteiger partial charge < -0.3 is 9.64 Å². The SMILES string of the molecule is CC(Br)C(=O)N1CCOC(c2ccc(Cl)cc2)C1. The molecule has 1 amide bonds. The number of hydrogen-bond donors (Lipinski definition) is 0. The smallest absolute Gasteiger partial charge is 0.236 e. The van der Waals surface area contributed by atoms with Crippen LogP contribution in [0.3, 0.4) is 0 Å². The van der Waals surface area contributed by atoms with Crippen molar-refractivity contribution in [2.24, 2.45) is 0 Å². The fraction of sp³-hybridized carbons (Fsp3) is 0.462. The van der Waals surface area contributed by atoms with Gasteiger partial charge in [0.25, 0.3) is 0 Å². The fourth-order valence-corrected chi connectivity index (χ4v) is 2.40. The second-order valence-electron chi connectivity index (χ2n) is 4.31. The highest BCUT2D eigenvalue weighted by Crippen LogP contribution is 2.24. The summed E-state index contributed by atoms with van der Waals surface area (Å²) in [6.45, 7) is 3.66. The largest absolute Gasteiger partial charge is 0.370 e. The number of alkyl halides is 1. The van der Waals surface area contributed by atoms with Crippen molar-refractivity contribution >= 4 is 33.4 Å². The minimum atomic E-state index is -0.151. The van der Waals surface area contributed by atoms with E-state index in [1.165, 1.54) is 0 Å². The number of morpholine rings is 1.